The minimum Gasteiger partial charge on any atom is -0.352 e. The molecule has 1 atom stereocenters. The molecule has 1 saturated carbocycles. The third kappa shape index (κ3) is 5.43. The second kappa shape index (κ2) is 10.5. The molecule has 3 amide bonds. The Morgan fingerprint density at radius 2 is 1.58 bits per heavy atom. The van der Waals surface area contributed by atoms with E-state index in [0.717, 1.165) is 55.5 Å². The molecule has 0 spiro atoms. The van der Waals surface area contributed by atoms with Gasteiger partial charge in [-0.05, 0) is 44.2 Å². The van der Waals surface area contributed by atoms with Crippen molar-refractivity contribution in [2.24, 2.45) is 0 Å². The van der Waals surface area contributed by atoms with Crippen molar-refractivity contribution in [1.29, 1.82) is 0 Å². The van der Waals surface area contributed by atoms with Crippen molar-refractivity contribution in [3.8, 4) is 0 Å². The molecule has 6 nitrogen and oxygen atoms in total. The monoisotopic (exact) mass is 443 g/mol. The first kappa shape index (κ1) is 22.2. The van der Waals surface area contributed by atoms with Gasteiger partial charge in [0.2, 0.25) is 11.8 Å². The summed E-state index contributed by atoms with van der Waals surface area (Å²) in [6, 6.07) is 7.77. The normalized spacial score (nSPS) is 23.0. The van der Waals surface area contributed by atoms with Gasteiger partial charge in [-0.25, -0.2) is 0 Å². The van der Waals surface area contributed by atoms with E-state index in [1.54, 1.807) is 0 Å². The number of likely N-dealkylation sites (tertiary alicyclic amines) is 1. The molecular weight excluding hydrogens is 410 g/mol. The Morgan fingerprint density at radius 3 is 2.32 bits per heavy atom. The summed E-state index contributed by atoms with van der Waals surface area (Å²) in [5, 5.41) is 2.35. The highest BCUT2D eigenvalue weighted by Crippen LogP contribution is 2.39. The zero-order chi connectivity index (χ0) is 21.6. The number of rotatable bonds is 4. The van der Waals surface area contributed by atoms with Gasteiger partial charge in [-0.15, -0.1) is 11.8 Å². The Hall–Kier alpha value is -2.02. The van der Waals surface area contributed by atoms with Crippen LogP contribution in [0.2, 0.25) is 0 Å². The van der Waals surface area contributed by atoms with Crippen molar-refractivity contribution in [3.63, 3.8) is 0 Å². The Bertz CT molecular complexity index is 801. The molecule has 1 aromatic rings. The van der Waals surface area contributed by atoms with Crippen LogP contribution in [0.15, 0.2) is 29.2 Å². The summed E-state index contributed by atoms with van der Waals surface area (Å²) in [6.45, 7) is 1.40. The van der Waals surface area contributed by atoms with Crippen molar-refractivity contribution in [2.75, 3.05) is 24.5 Å². The van der Waals surface area contributed by atoms with E-state index in [4.69, 9.17) is 0 Å². The number of thioether (sulfide) groups is 1. The van der Waals surface area contributed by atoms with Gasteiger partial charge in [-0.1, -0.05) is 44.2 Å². The molecule has 2 heterocycles. The maximum atomic E-state index is 13.4. The maximum Gasteiger partial charge on any atom is 0.250 e. The summed E-state index contributed by atoms with van der Waals surface area (Å²) in [7, 11) is 0. The molecule has 3 aliphatic rings. The van der Waals surface area contributed by atoms with Crippen molar-refractivity contribution in [2.45, 2.75) is 80.4 Å². The lowest BCUT2D eigenvalue weighted by Crippen LogP contribution is -2.53. The van der Waals surface area contributed by atoms with Crippen LogP contribution in [0, 0.1) is 0 Å². The van der Waals surface area contributed by atoms with Crippen LogP contribution in [0.4, 0.5) is 5.69 Å². The van der Waals surface area contributed by atoms with Crippen molar-refractivity contribution in [3.05, 3.63) is 24.3 Å². The molecule has 168 valence electrons. The molecule has 4 rings (SSSR count). The highest BCUT2D eigenvalue weighted by molar-refractivity contribution is 8.01. The van der Waals surface area contributed by atoms with E-state index < -0.39 is 5.25 Å². The number of nitrogens with zero attached hydrogens (tertiary/aromatic N) is 2. The van der Waals surface area contributed by atoms with Gasteiger partial charge >= 0.3 is 0 Å². The summed E-state index contributed by atoms with van der Waals surface area (Å²) in [6.07, 6.45) is 11.1. The van der Waals surface area contributed by atoms with Crippen LogP contribution in [0.25, 0.3) is 0 Å². The molecule has 1 N–H and O–H groups in total. The summed E-state index contributed by atoms with van der Waals surface area (Å²) >= 11 is 1.32. The smallest absolute Gasteiger partial charge is 0.250 e. The lowest BCUT2D eigenvalue weighted by molar-refractivity contribution is -0.136. The molecule has 1 aromatic carbocycles. The van der Waals surface area contributed by atoms with Crippen LogP contribution in [-0.2, 0) is 14.4 Å². The van der Waals surface area contributed by atoms with E-state index in [1.807, 2.05) is 29.2 Å². The van der Waals surface area contributed by atoms with Gasteiger partial charge in [0.1, 0.15) is 6.54 Å². The zero-order valence-corrected chi connectivity index (χ0v) is 19.0. The van der Waals surface area contributed by atoms with Crippen molar-refractivity contribution >= 4 is 35.2 Å². The average molecular weight is 444 g/mol. The molecule has 0 aromatic heterocycles. The lowest BCUT2D eigenvalue weighted by atomic mass is 9.97. The Morgan fingerprint density at radius 1 is 0.935 bits per heavy atom. The lowest BCUT2D eigenvalue weighted by Gasteiger charge is -2.36. The second-order valence-corrected chi connectivity index (χ2v) is 10.0. The molecule has 2 aliphatic heterocycles. The minimum atomic E-state index is -0.804. The van der Waals surface area contributed by atoms with Crippen LogP contribution in [-0.4, -0.2) is 53.5 Å². The zero-order valence-electron chi connectivity index (χ0n) is 18.2. The summed E-state index contributed by atoms with van der Waals surface area (Å²) in [5.74, 6) is -0.522. The fourth-order valence-corrected chi connectivity index (χ4v) is 6.02. The number of anilines is 1. The fraction of sp³-hybridized carbons (Fsp3) is 0.625. The van der Waals surface area contributed by atoms with Gasteiger partial charge in [0, 0.05) is 24.0 Å². The number of hydrogen-bond acceptors (Lipinski definition) is 4. The van der Waals surface area contributed by atoms with Gasteiger partial charge < -0.3 is 15.1 Å². The summed E-state index contributed by atoms with van der Waals surface area (Å²) in [5.41, 5.74) is 0.730. The minimum absolute atomic E-state index is 0.0311. The number of hydrogen-bond donors (Lipinski definition) is 1. The third-order valence-corrected chi connectivity index (χ3v) is 7.79. The number of fused-ring (bicyclic) bond motifs is 1. The first-order valence-electron chi connectivity index (χ1n) is 11.8. The third-order valence-electron chi connectivity index (χ3n) is 6.56. The standard InChI is InChI=1S/C24H33N3O3S/c28-21(25-18-11-5-2-1-3-6-12-18)17-27-19-13-7-8-14-20(19)31-22(24(27)30)23(29)26-15-9-4-10-16-26/h7-8,13-14,18,22H,1-6,9-12,15-17H2,(H,25,28)/t22-/m0/s1. The topological polar surface area (TPSA) is 69.7 Å². The van der Waals surface area contributed by atoms with E-state index in [1.165, 1.54) is 35.9 Å². The molecule has 31 heavy (non-hydrogen) atoms. The van der Waals surface area contributed by atoms with E-state index in [2.05, 4.69) is 5.32 Å². The summed E-state index contributed by atoms with van der Waals surface area (Å²) in [4.78, 5) is 43.7. The predicted octanol–water partition coefficient (Wildman–Crippen LogP) is 3.74. The first-order chi connectivity index (χ1) is 15.1. The van der Waals surface area contributed by atoms with E-state index >= 15 is 0 Å². The van der Waals surface area contributed by atoms with E-state index in [-0.39, 0.29) is 30.3 Å². The number of nitrogens with one attached hydrogen (secondary N) is 1. The van der Waals surface area contributed by atoms with E-state index in [0.29, 0.717) is 13.1 Å². The van der Waals surface area contributed by atoms with Gasteiger partial charge in [0.25, 0.3) is 5.91 Å². The highest BCUT2D eigenvalue weighted by Gasteiger charge is 2.41. The molecular formula is C24H33N3O3S. The SMILES string of the molecule is O=C(CN1C(=O)[C@H](C(=O)N2CCCCC2)Sc2ccccc21)NC1CCCCCCC1. The number of benzene rings is 1. The largest absolute Gasteiger partial charge is 0.352 e. The maximum absolute atomic E-state index is 13.4. The molecule has 0 unspecified atom stereocenters. The Labute approximate surface area is 189 Å². The van der Waals surface area contributed by atoms with Gasteiger partial charge in [-0.3, -0.25) is 14.4 Å². The highest BCUT2D eigenvalue weighted by atomic mass is 32.2. The average Bonchev–Trinajstić information content (AvgIpc) is 2.77. The van der Waals surface area contributed by atoms with Crippen LogP contribution < -0.4 is 10.2 Å². The van der Waals surface area contributed by atoms with Gasteiger partial charge in [0.15, 0.2) is 5.25 Å². The fourth-order valence-electron chi connectivity index (χ4n) is 4.83. The van der Waals surface area contributed by atoms with Gasteiger partial charge in [-0.2, -0.15) is 0 Å². The molecule has 2 fully saturated rings. The van der Waals surface area contributed by atoms with Gasteiger partial charge in [0.05, 0.1) is 5.69 Å². The molecule has 7 heteroatoms. The van der Waals surface area contributed by atoms with Crippen molar-refractivity contribution < 1.29 is 14.4 Å². The number of carbonyl (C=O) groups is 3. The number of piperidine rings is 1. The second-order valence-electron chi connectivity index (χ2n) is 8.89. The number of carbonyl (C=O) groups excluding carboxylic acids is 3. The predicted molar refractivity (Wildman–Crippen MR) is 123 cm³/mol. The van der Waals surface area contributed by atoms with Crippen LogP contribution in [0.5, 0.6) is 0 Å². The molecule has 1 aliphatic carbocycles. The number of para-hydroxylation sites is 1. The Balaban J connectivity index is 1.47. The molecule has 0 bridgehead atoms. The molecule has 1 saturated heterocycles. The summed E-state index contributed by atoms with van der Waals surface area (Å²) < 4.78 is 0. The van der Waals surface area contributed by atoms with Crippen molar-refractivity contribution in [1.82, 2.24) is 10.2 Å². The number of amides is 3. The van der Waals surface area contributed by atoms with Crippen LogP contribution in [0.1, 0.15) is 64.2 Å². The quantitative estimate of drug-likeness (QED) is 0.720. The Kier molecular flexibility index (Phi) is 7.54. The van der Waals surface area contributed by atoms with Crippen LogP contribution >= 0.6 is 11.8 Å². The van der Waals surface area contributed by atoms with Crippen LogP contribution in [0.3, 0.4) is 0 Å². The first-order valence-corrected chi connectivity index (χ1v) is 12.7. The van der Waals surface area contributed by atoms with E-state index in [9.17, 15) is 14.4 Å². The molecule has 0 radical (unpaired) electrons.